The smallest absolute Gasteiger partial charge is 0.127 e. The predicted molar refractivity (Wildman–Crippen MR) is 69.8 cm³/mol. The minimum Gasteiger partial charge on any atom is -0.374 e. The van der Waals surface area contributed by atoms with Crippen LogP contribution in [0.2, 0.25) is 0 Å². The van der Waals surface area contributed by atoms with Gasteiger partial charge in [0.2, 0.25) is 0 Å². The Morgan fingerprint density at radius 3 is 2.94 bits per heavy atom. The van der Waals surface area contributed by atoms with Gasteiger partial charge in [0, 0.05) is 31.2 Å². The van der Waals surface area contributed by atoms with Gasteiger partial charge in [0.25, 0.3) is 0 Å². The first kappa shape index (κ1) is 13.5. The summed E-state index contributed by atoms with van der Waals surface area (Å²) in [5.74, 6) is -0.125. The lowest BCUT2D eigenvalue weighted by molar-refractivity contribution is -0.0400. The average molecular weight is 252 g/mol. The predicted octanol–water partition coefficient (Wildman–Crippen LogP) is 1.94. The fraction of sp³-hybridized carbons (Fsp3) is 0.571. The van der Waals surface area contributed by atoms with E-state index in [9.17, 15) is 4.39 Å². The third-order valence-corrected chi connectivity index (χ3v) is 3.52. The Kier molecular flexibility index (Phi) is 4.69. The van der Waals surface area contributed by atoms with Crippen LogP contribution in [0.15, 0.2) is 24.3 Å². The van der Waals surface area contributed by atoms with Gasteiger partial charge in [-0.3, -0.25) is 4.90 Å². The molecule has 0 spiro atoms. The average Bonchev–Trinajstić information content (AvgIpc) is 2.42. The Balaban J connectivity index is 2.15. The Morgan fingerprint density at radius 1 is 1.50 bits per heavy atom. The largest absolute Gasteiger partial charge is 0.374 e. The summed E-state index contributed by atoms with van der Waals surface area (Å²) in [6.07, 6.45) is 0.956. The highest BCUT2D eigenvalue weighted by molar-refractivity contribution is 5.21. The molecule has 3 nitrogen and oxygen atoms in total. The topological polar surface area (TPSA) is 38.5 Å². The molecule has 1 aliphatic heterocycles. The summed E-state index contributed by atoms with van der Waals surface area (Å²) in [7, 11) is 0. The maximum absolute atomic E-state index is 13.9. The fourth-order valence-corrected chi connectivity index (χ4v) is 2.59. The molecule has 1 saturated heterocycles. The minimum atomic E-state index is -0.125. The second-order valence-electron chi connectivity index (χ2n) is 4.67. The van der Waals surface area contributed by atoms with Gasteiger partial charge >= 0.3 is 0 Å². The molecule has 0 aromatic heterocycles. The van der Waals surface area contributed by atoms with Gasteiger partial charge in [-0.05, 0) is 12.5 Å². The quantitative estimate of drug-likeness (QED) is 0.890. The molecule has 2 unspecified atom stereocenters. The highest BCUT2D eigenvalue weighted by Gasteiger charge is 2.27. The van der Waals surface area contributed by atoms with E-state index >= 15 is 0 Å². The van der Waals surface area contributed by atoms with Crippen LogP contribution < -0.4 is 5.73 Å². The van der Waals surface area contributed by atoms with Crippen LogP contribution in [0.5, 0.6) is 0 Å². The molecule has 2 rings (SSSR count). The lowest BCUT2D eigenvalue weighted by atomic mass is 10.0. The molecule has 1 fully saturated rings. The van der Waals surface area contributed by atoms with E-state index < -0.39 is 0 Å². The summed E-state index contributed by atoms with van der Waals surface area (Å²) in [4.78, 5) is 2.28. The molecule has 1 heterocycles. The van der Waals surface area contributed by atoms with E-state index in [0.717, 1.165) is 25.1 Å². The maximum Gasteiger partial charge on any atom is 0.127 e. The highest BCUT2D eigenvalue weighted by Crippen LogP contribution is 2.27. The molecule has 0 radical (unpaired) electrons. The van der Waals surface area contributed by atoms with E-state index in [2.05, 4.69) is 11.8 Å². The van der Waals surface area contributed by atoms with Crippen molar-refractivity contribution in [3.05, 3.63) is 35.6 Å². The first-order valence-corrected chi connectivity index (χ1v) is 6.56. The molecule has 1 aliphatic rings. The van der Waals surface area contributed by atoms with Gasteiger partial charge in [-0.25, -0.2) is 4.39 Å². The molecular weight excluding hydrogens is 231 g/mol. The van der Waals surface area contributed by atoms with Crippen LogP contribution in [-0.4, -0.2) is 37.2 Å². The molecule has 2 atom stereocenters. The maximum atomic E-state index is 13.9. The van der Waals surface area contributed by atoms with Crippen LogP contribution in [0.1, 0.15) is 24.9 Å². The molecule has 1 aromatic carbocycles. The van der Waals surface area contributed by atoms with Crippen molar-refractivity contribution in [1.29, 1.82) is 0 Å². The molecule has 0 aliphatic carbocycles. The lowest BCUT2D eigenvalue weighted by Crippen LogP contribution is -2.47. The lowest BCUT2D eigenvalue weighted by Gasteiger charge is -2.38. The van der Waals surface area contributed by atoms with Gasteiger partial charge in [-0.1, -0.05) is 25.1 Å². The Hall–Kier alpha value is -0.970. The highest BCUT2D eigenvalue weighted by atomic mass is 19.1. The van der Waals surface area contributed by atoms with Gasteiger partial charge in [0.05, 0.1) is 12.7 Å². The van der Waals surface area contributed by atoms with Crippen molar-refractivity contribution in [2.75, 3.05) is 26.2 Å². The number of hydrogen-bond donors (Lipinski definition) is 1. The van der Waals surface area contributed by atoms with Crippen LogP contribution in [0.4, 0.5) is 4.39 Å². The van der Waals surface area contributed by atoms with Crippen LogP contribution in [0, 0.1) is 5.82 Å². The first-order chi connectivity index (χ1) is 8.76. The van der Waals surface area contributed by atoms with Gasteiger partial charge in [-0.15, -0.1) is 0 Å². The number of nitrogens with two attached hydrogens (primary N) is 1. The SMILES string of the molecule is CCC(c1ccccc1F)N1CCOC(CN)C1. The molecule has 100 valence electrons. The van der Waals surface area contributed by atoms with E-state index in [1.54, 1.807) is 6.07 Å². The molecule has 18 heavy (non-hydrogen) atoms. The van der Waals surface area contributed by atoms with Gasteiger partial charge in [0.15, 0.2) is 0 Å². The van der Waals surface area contributed by atoms with E-state index in [1.165, 1.54) is 6.07 Å². The Bertz CT molecular complexity index is 386. The van der Waals surface area contributed by atoms with Gasteiger partial charge in [0.1, 0.15) is 5.82 Å². The summed E-state index contributed by atoms with van der Waals surface area (Å²) in [5.41, 5.74) is 6.43. The number of halogens is 1. The van der Waals surface area contributed by atoms with E-state index in [0.29, 0.717) is 13.2 Å². The van der Waals surface area contributed by atoms with Crippen molar-refractivity contribution >= 4 is 0 Å². The number of nitrogens with zero attached hydrogens (tertiary/aromatic N) is 1. The molecule has 4 heteroatoms. The van der Waals surface area contributed by atoms with Crippen LogP contribution in [-0.2, 0) is 4.74 Å². The standard InChI is InChI=1S/C14H21FN2O/c1-2-14(12-5-3-4-6-13(12)15)17-7-8-18-11(9-16)10-17/h3-6,11,14H,2,7-10,16H2,1H3. The molecule has 0 amide bonds. The zero-order valence-electron chi connectivity index (χ0n) is 10.8. The van der Waals surface area contributed by atoms with E-state index in [1.807, 2.05) is 12.1 Å². The Labute approximate surface area is 108 Å². The van der Waals surface area contributed by atoms with Crippen molar-refractivity contribution in [3.8, 4) is 0 Å². The zero-order chi connectivity index (χ0) is 13.0. The van der Waals surface area contributed by atoms with Crippen LogP contribution >= 0.6 is 0 Å². The van der Waals surface area contributed by atoms with E-state index in [4.69, 9.17) is 10.5 Å². The summed E-state index contributed by atoms with van der Waals surface area (Å²) in [6.45, 7) is 4.90. The third kappa shape index (κ3) is 2.88. The fourth-order valence-electron chi connectivity index (χ4n) is 2.59. The molecule has 0 bridgehead atoms. The van der Waals surface area contributed by atoms with Crippen LogP contribution in [0.3, 0.4) is 0 Å². The van der Waals surface area contributed by atoms with Gasteiger partial charge < -0.3 is 10.5 Å². The van der Waals surface area contributed by atoms with Crippen molar-refractivity contribution in [2.24, 2.45) is 5.73 Å². The van der Waals surface area contributed by atoms with Crippen molar-refractivity contribution in [2.45, 2.75) is 25.5 Å². The van der Waals surface area contributed by atoms with E-state index in [-0.39, 0.29) is 18.0 Å². The normalized spacial score (nSPS) is 22.9. The number of hydrogen-bond acceptors (Lipinski definition) is 3. The molecule has 0 saturated carbocycles. The molecule has 2 N–H and O–H groups in total. The molecule has 1 aromatic rings. The van der Waals surface area contributed by atoms with Gasteiger partial charge in [-0.2, -0.15) is 0 Å². The summed E-state index contributed by atoms with van der Waals surface area (Å²) in [5, 5.41) is 0. The number of rotatable bonds is 4. The van der Waals surface area contributed by atoms with Crippen molar-refractivity contribution in [3.63, 3.8) is 0 Å². The monoisotopic (exact) mass is 252 g/mol. The molecular formula is C14H21FN2O. The number of morpholine rings is 1. The van der Waals surface area contributed by atoms with Crippen molar-refractivity contribution < 1.29 is 9.13 Å². The first-order valence-electron chi connectivity index (χ1n) is 6.56. The Morgan fingerprint density at radius 2 is 2.28 bits per heavy atom. The second-order valence-corrected chi connectivity index (χ2v) is 4.67. The number of ether oxygens (including phenoxy) is 1. The summed E-state index contributed by atoms with van der Waals surface area (Å²) >= 11 is 0. The minimum absolute atomic E-state index is 0.0690. The summed E-state index contributed by atoms with van der Waals surface area (Å²) < 4.78 is 19.4. The number of benzene rings is 1. The van der Waals surface area contributed by atoms with Crippen LogP contribution in [0.25, 0.3) is 0 Å². The second kappa shape index (κ2) is 6.27. The third-order valence-electron chi connectivity index (χ3n) is 3.52. The van der Waals surface area contributed by atoms with Crippen molar-refractivity contribution in [1.82, 2.24) is 4.90 Å². The summed E-state index contributed by atoms with van der Waals surface area (Å²) in [6, 6.07) is 7.13. The zero-order valence-corrected chi connectivity index (χ0v) is 10.8.